The van der Waals surface area contributed by atoms with Gasteiger partial charge in [0.25, 0.3) is 0 Å². The average molecular weight is 312 g/mol. The molecule has 0 bridgehead atoms. The number of nitrogens with zero attached hydrogens (tertiary/aromatic N) is 1. The molecule has 20 heavy (non-hydrogen) atoms. The maximum absolute atomic E-state index is 12.9. The second-order valence-electron chi connectivity index (χ2n) is 3.75. The van der Waals surface area contributed by atoms with E-state index in [2.05, 4.69) is 0 Å². The summed E-state index contributed by atoms with van der Waals surface area (Å²) < 4.78 is 41.8. The summed E-state index contributed by atoms with van der Waals surface area (Å²) in [7, 11) is -4.19. The van der Waals surface area contributed by atoms with Crippen molar-refractivity contribution in [3.05, 3.63) is 58.9 Å². The van der Waals surface area contributed by atoms with Gasteiger partial charge < -0.3 is 4.18 Å². The normalized spacial score (nSPS) is 10.8. The third kappa shape index (κ3) is 3.07. The molecule has 0 atom stereocenters. The fourth-order valence-corrected chi connectivity index (χ4v) is 2.90. The van der Waals surface area contributed by atoms with E-state index in [1.54, 1.807) is 0 Å². The van der Waals surface area contributed by atoms with E-state index in [0.29, 0.717) is 0 Å². The number of halogens is 2. The van der Waals surface area contributed by atoms with Crippen LogP contribution in [0.4, 0.5) is 4.39 Å². The van der Waals surface area contributed by atoms with Crippen LogP contribution in [0.2, 0.25) is 5.02 Å². The Balaban J connectivity index is 2.38. The topological polar surface area (TPSA) is 67.2 Å². The number of nitriles is 1. The van der Waals surface area contributed by atoms with Crippen molar-refractivity contribution < 1.29 is 17.0 Å². The van der Waals surface area contributed by atoms with Gasteiger partial charge in [0.1, 0.15) is 16.5 Å². The van der Waals surface area contributed by atoms with Crippen molar-refractivity contribution in [1.29, 1.82) is 5.26 Å². The van der Waals surface area contributed by atoms with Crippen molar-refractivity contribution in [2.24, 2.45) is 0 Å². The molecule has 2 aromatic rings. The third-order valence-electron chi connectivity index (χ3n) is 2.33. The molecule has 4 nitrogen and oxygen atoms in total. The summed E-state index contributed by atoms with van der Waals surface area (Å²) >= 11 is 5.69. The molecule has 102 valence electrons. The maximum atomic E-state index is 12.9. The second kappa shape index (κ2) is 5.49. The predicted molar refractivity (Wildman–Crippen MR) is 70.4 cm³/mol. The largest absolute Gasteiger partial charge is 0.379 e. The highest BCUT2D eigenvalue weighted by atomic mass is 35.5. The highest BCUT2D eigenvalue weighted by Gasteiger charge is 2.20. The van der Waals surface area contributed by atoms with Crippen LogP contribution in [0, 0.1) is 17.1 Å². The van der Waals surface area contributed by atoms with Crippen LogP contribution in [-0.2, 0) is 10.1 Å². The lowest BCUT2D eigenvalue weighted by molar-refractivity contribution is 0.486. The molecule has 0 N–H and O–H groups in total. The number of benzene rings is 2. The van der Waals surface area contributed by atoms with Gasteiger partial charge >= 0.3 is 10.1 Å². The van der Waals surface area contributed by atoms with Crippen LogP contribution in [0.3, 0.4) is 0 Å². The van der Waals surface area contributed by atoms with Gasteiger partial charge in [-0.1, -0.05) is 17.7 Å². The Hall–Kier alpha value is -2.10. The van der Waals surface area contributed by atoms with Crippen molar-refractivity contribution in [3.8, 4) is 11.8 Å². The standard InChI is InChI=1S/C13H7ClFNO3S/c14-12-7-10(15)4-5-13(12)20(17,18)19-11-3-1-2-9(6-11)8-16/h1-7H. The quantitative estimate of drug-likeness (QED) is 0.817. The lowest BCUT2D eigenvalue weighted by atomic mass is 10.2. The lowest BCUT2D eigenvalue weighted by Gasteiger charge is -2.08. The minimum Gasteiger partial charge on any atom is -0.379 e. The van der Waals surface area contributed by atoms with Gasteiger partial charge in [0.15, 0.2) is 0 Å². The fraction of sp³-hybridized carbons (Fsp3) is 0. The van der Waals surface area contributed by atoms with Crippen molar-refractivity contribution in [2.45, 2.75) is 4.90 Å². The zero-order chi connectivity index (χ0) is 14.8. The predicted octanol–water partition coefficient (Wildman–Crippen LogP) is 3.12. The fourth-order valence-electron chi connectivity index (χ4n) is 1.47. The molecule has 0 saturated heterocycles. The van der Waals surface area contributed by atoms with Gasteiger partial charge in [-0.25, -0.2) is 4.39 Å². The van der Waals surface area contributed by atoms with Gasteiger partial charge in [0.2, 0.25) is 0 Å². The summed E-state index contributed by atoms with van der Waals surface area (Å²) in [5.41, 5.74) is 0.253. The van der Waals surface area contributed by atoms with E-state index in [1.165, 1.54) is 24.3 Å². The van der Waals surface area contributed by atoms with Crippen LogP contribution >= 0.6 is 11.6 Å². The van der Waals surface area contributed by atoms with E-state index < -0.39 is 15.9 Å². The Morgan fingerprint density at radius 2 is 1.95 bits per heavy atom. The van der Waals surface area contributed by atoms with Gasteiger partial charge in [0.05, 0.1) is 16.7 Å². The summed E-state index contributed by atoms with van der Waals surface area (Å²) in [6.07, 6.45) is 0. The van der Waals surface area contributed by atoms with E-state index in [4.69, 9.17) is 21.0 Å². The average Bonchev–Trinajstić information content (AvgIpc) is 2.37. The van der Waals surface area contributed by atoms with Crippen molar-refractivity contribution in [3.63, 3.8) is 0 Å². The molecule has 0 aliphatic rings. The van der Waals surface area contributed by atoms with Crippen LogP contribution in [0.25, 0.3) is 0 Å². The van der Waals surface area contributed by atoms with E-state index in [0.717, 1.165) is 18.2 Å². The van der Waals surface area contributed by atoms with Crippen molar-refractivity contribution >= 4 is 21.7 Å². The van der Waals surface area contributed by atoms with Gasteiger partial charge in [-0.2, -0.15) is 13.7 Å². The molecule has 0 spiro atoms. The summed E-state index contributed by atoms with van der Waals surface area (Å²) in [6.45, 7) is 0. The SMILES string of the molecule is N#Cc1cccc(OS(=O)(=O)c2ccc(F)cc2Cl)c1. The molecular formula is C13H7ClFNO3S. The van der Waals surface area contributed by atoms with E-state index in [1.807, 2.05) is 6.07 Å². The maximum Gasteiger partial charge on any atom is 0.340 e. The molecule has 0 aliphatic carbocycles. The number of hydrogen-bond acceptors (Lipinski definition) is 4. The van der Waals surface area contributed by atoms with Gasteiger partial charge in [0, 0.05) is 0 Å². The Kier molecular flexibility index (Phi) is 3.93. The van der Waals surface area contributed by atoms with Gasteiger partial charge in [-0.3, -0.25) is 0 Å². The molecule has 0 radical (unpaired) electrons. The second-order valence-corrected chi connectivity index (χ2v) is 5.67. The molecule has 0 saturated carbocycles. The molecule has 0 aromatic heterocycles. The van der Waals surface area contributed by atoms with Crippen LogP contribution < -0.4 is 4.18 Å². The Morgan fingerprint density at radius 1 is 1.20 bits per heavy atom. The van der Waals surface area contributed by atoms with Crippen molar-refractivity contribution in [2.75, 3.05) is 0 Å². The zero-order valence-corrected chi connectivity index (χ0v) is 11.5. The summed E-state index contributed by atoms with van der Waals surface area (Å²) in [6, 6.07) is 10.4. The Morgan fingerprint density at radius 3 is 2.60 bits per heavy atom. The minimum atomic E-state index is -4.19. The molecule has 7 heteroatoms. The van der Waals surface area contributed by atoms with Crippen LogP contribution in [0.15, 0.2) is 47.4 Å². The highest BCUT2D eigenvalue weighted by Crippen LogP contribution is 2.26. The van der Waals surface area contributed by atoms with Crippen LogP contribution in [0.5, 0.6) is 5.75 Å². The molecule has 2 rings (SSSR count). The number of rotatable bonds is 3. The smallest absolute Gasteiger partial charge is 0.340 e. The first-order chi connectivity index (χ1) is 9.42. The summed E-state index contributed by atoms with van der Waals surface area (Å²) in [5.74, 6) is -0.676. The first kappa shape index (κ1) is 14.3. The first-order valence-corrected chi connectivity index (χ1v) is 7.11. The minimum absolute atomic E-state index is 0.0237. The molecule has 0 aliphatic heterocycles. The molecule has 0 heterocycles. The lowest BCUT2D eigenvalue weighted by Crippen LogP contribution is -2.10. The molecule has 0 amide bonds. The molecule has 2 aromatic carbocycles. The molecule has 0 fully saturated rings. The Bertz CT molecular complexity index is 800. The van der Waals surface area contributed by atoms with E-state index in [-0.39, 0.29) is 21.2 Å². The van der Waals surface area contributed by atoms with E-state index in [9.17, 15) is 12.8 Å². The monoisotopic (exact) mass is 311 g/mol. The van der Waals surface area contributed by atoms with E-state index >= 15 is 0 Å². The Labute approximate surface area is 120 Å². The number of hydrogen-bond donors (Lipinski definition) is 0. The third-order valence-corrected chi connectivity index (χ3v) is 4.06. The summed E-state index contributed by atoms with van der Waals surface area (Å²) in [4.78, 5) is -0.345. The van der Waals surface area contributed by atoms with Gasteiger partial charge in [-0.05, 0) is 36.4 Å². The van der Waals surface area contributed by atoms with Crippen molar-refractivity contribution in [1.82, 2.24) is 0 Å². The zero-order valence-electron chi connectivity index (χ0n) is 9.88. The highest BCUT2D eigenvalue weighted by molar-refractivity contribution is 7.87. The summed E-state index contributed by atoms with van der Waals surface area (Å²) in [5, 5.41) is 8.46. The molecule has 0 unspecified atom stereocenters. The molecular weight excluding hydrogens is 305 g/mol. The first-order valence-electron chi connectivity index (χ1n) is 5.32. The van der Waals surface area contributed by atoms with Crippen LogP contribution in [0.1, 0.15) is 5.56 Å². The van der Waals surface area contributed by atoms with Crippen LogP contribution in [-0.4, -0.2) is 8.42 Å². The van der Waals surface area contributed by atoms with Gasteiger partial charge in [-0.15, -0.1) is 0 Å².